The summed E-state index contributed by atoms with van der Waals surface area (Å²) in [5.41, 5.74) is 0.840. The number of rotatable bonds is 6. The Morgan fingerprint density at radius 1 is 1.23 bits per heavy atom. The number of benzene rings is 1. The Kier molecular flexibility index (Phi) is 5.97. The molecule has 0 aliphatic rings. The molecule has 1 aromatic heterocycles. The number of alkyl carbamates (subject to hydrolysis) is 1. The van der Waals surface area contributed by atoms with Gasteiger partial charge in [-0.05, 0) is 33.6 Å². The zero-order valence-electron chi connectivity index (χ0n) is 11.5. The van der Waals surface area contributed by atoms with E-state index in [0.717, 1.165) is 14.2 Å². The standard InChI is InChI=1S/C15H14BrNO4S/c16-13-7-6-11(22-13)8-12(14(18)19)17-15(20)21-9-10-4-2-1-3-5-10/h1-7,12H,8-9H2,(H,17,20)(H,18,19)/t12-/m0/s1. The number of hydrogen-bond donors (Lipinski definition) is 2. The van der Waals surface area contributed by atoms with Crippen LogP contribution in [0.5, 0.6) is 0 Å². The number of halogens is 1. The number of carboxylic acids is 1. The zero-order valence-corrected chi connectivity index (χ0v) is 13.9. The van der Waals surface area contributed by atoms with Crippen molar-refractivity contribution in [1.82, 2.24) is 5.32 Å². The summed E-state index contributed by atoms with van der Waals surface area (Å²) in [4.78, 5) is 23.8. The third kappa shape index (κ3) is 5.16. The molecule has 0 aliphatic carbocycles. The van der Waals surface area contributed by atoms with Crippen molar-refractivity contribution in [2.45, 2.75) is 19.1 Å². The fourth-order valence-electron chi connectivity index (χ4n) is 1.77. The van der Waals surface area contributed by atoms with E-state index in [2.05, 4.69) is 21.2 Å². The molecule has 0 saturated carbocycles. The van der Waals surface area contributed by atoms with Gasteiger partial charge in [0.2, 0.25) is 0 Å². The van der Waals surface area contributed by atoms with Crippen LogP contribution < -0.4 is 5.32 Å². The van der Waals surface area contributed by atoms with Crippen LogP contribution in [0.1, 0.15) is 10.4 Å². The van der Waals surface area contributed by atoms with Crippen LogP contribution in [0.2, 0.25) is 0 Å². The second kappa shape index (κ2) is 7.95. The Labute approximate surface area is 140 Å². The number of carboxylic acid groups (broad SMARTS) is 1. The molecule has 0 bridgehead atoms. The highest BCUT2D eigenvalue weighted by molar-refractivity contribution is 9.11. The molecule has 0 saturated heterocycles. The van der Waals surface area contributed by atoms with Crippen LogP contribution in [-0.2, 0) is 22.6 Å². The first-order valence-electron chi connectivity index (χ1n) is 6.49. The largest absolute Gasteiger partial charge is 0.480 e. The van der Waals surface area contributed by atoms with Gasteiger partial charge in [0.25, 0.3) is 0 Å². The molecule has 0 spiro atoms. The summed E-state index contributed by atoms with van der Waals surface area (Å²) in [6, 6.07) is 11.8. The fraction of sp³-hybridized carbons (Fsp3) is 0.200. The predicted octanol–water partition coefficient (Wildman–Crippen LogP) is 3.43. The molecule has 1 atom stereocenters. The highest BCUT2D eigenvalue weighted by Gasteiger charge is 2.21. The van der Waals surface area contributed by atoms with Crippen molar-refractivity contribution in [1.29, 1.82) is 0 Å². The van der Waals surface area contributed by atoms with Gasteiger partial charge in [0.1, 0.15) is 12.6 Å². The molecule has 0 radical (unpaired) electrons. The molecule has 1 aromatic carbocycles. The Balaban J connectivity index is 1.87. The topological polar surface area (TPSA) is 75.6 Å². The minimum absolute atomic E-state index is 0.101. The minimum Gasteiger partial charge on any atom is -0.480 e. The SMILES string of the molecule is O=C(N[C@@H](Cc1ccc(Br)s1)C(=O)O)OCc1ccccc1. The van der Waals surface area contributed by atoms with Gasteiger partial charge in [-0.15, -0.1) is 11.3 Å². The summed E-state index contributed by atoms with van der Waals surface area (Å²) in [5.74, 6) is -1.10. The van der Waals surface area contributed by atoms with E-state index in [-0.39, 0.29) is 13.0 Å². The van der Waals surface area contributed by atoms with Crippen molar-refractivity contribution in [2.75, 3.05) is 0 Å². The fourth-order valence-corrected chi connectivity index (χ4v) is 3.30. The molecular formula is C15H14BrNO4S. The van der Waals surface area contributed by atoms with Crippen molar-refractivity contribution >= 4 is 39.3 Å². The average Bonchev–Trinajstić information content (AvgIpc) is 2.91. The van der Waals surface area contributed by atoms with Gasteiger partial charge in [-0.2, -0.15) is 0 Å². The van der Waals surface area contributed by atoms with Crippen molar-refractivity contribution in [3.8, 4) is 0 Å². The van der Waals surface area contributed by atoms with E-state index in [4.69, 9.17) is 4.74 Å². The van der Waals surface area contributed by atoms with Crippen molar-refractivity contribution < 1.29 is 19.4 Å². The second-order valence-electron chi connectivity index (χ2n) is 4.51. The maximum Gasteiger partial charge on any atom is 0.408 e. The molecule has 1 amide bonds. The van der Waals surface area contributed by atoms with Crippen molar-refractivity contribution in [3.05, 3.63) is 56.7 Å². The Morgan fingerprint density at radius 3 is 2.55 bits per heavy atom. The molecule has 2 rings (SSSR count). The normalized spacial score (nSPS) is 11.7. The van der Waals surface area contributed by atoms with Gasteiger partial charge >= 0.3 is 12.1 Å². The number of hydrogen-bond acceptors (Lipinski definition) is 4. The lowest BCUT2D eigenvalue weighted by molar-refractivity contribution is -0.139. The van der Waals surface area contributed by atoms with E-state index in [1.54, 1.807) is 0 Å². The van der Waals surface area contributed by atoms with E-state index in [9.17, 15) is 14.7 Å². The van der Waals surface area contributed by atoms with E-state index >= 15 is 0 Å². The second-order valence-corrected chi connectivity index (χ2v) is 7.05. The molecular weight excluding hydrogens is 370 g/mol. The predicted molar refractivity (Wildman–Crippen MR) is 86.9 cm³/mol. The molecule has 5 nitrogen and oxygen atoms in total. The van der Waals surface area contributed by atoms with Gasteiger partial charge < -0.3 is 15.2 Å². The summed E-state index contributed by atoms with van der Waals surface area (Å²) in [6.45, 7) is 0.101. The Morgan fingerprint density at radius 2 is 1.95 bits per heavy atom. The molecule has 22 heavy (non-hydrogen) atoms. The van der Waals surface area contributed by atoms with Crippen LogP contribution in [0.4, 0.5) is 4.79 Å². The van der Waals surface area contributed by atoms with E-state index in [1.807, 2.05) is 42.5 Å². The number of ether oxygens (including phenoxy) is 1. The molecule has 2 aromatic rings. The molecule has 116 valence electrons. The van der Waals surface area contributed by atoms with Crippen LogP contribution in [0.3, 0.4) is 0 Å². The summed E-state index contributed by atoms with van der Waals surface area (Å²) in [6.07, 6.45) is -0.529. The van der Waals surface area contributed by atoms with Gasteiger partial charge in [-0.1, -0.05) is 30.3 Å². The smallest absolute Gasteiger partial charge is 0.408 e. The third-order valence-corrected chi connectivity index (χ3v) is 4.48. The first kappa shape index (κ1) is 16.5. The van der Waals surface area contributed by atoms with Crippen molar-refractivity contribution in [2.24, 2.45) is 0 Å². The number of thiophene rings is 1. The highest BCUT2D eigenvalue weighted by atomic mass is 79.9. The van der Waals surface area contributed by atoms with Gasteiger partial charge in [0.15, 0.2) is 0 Å². The average molecular weight is 384 g/mol. The lowest BCUT2D eigenvalue weighted by Crippen LogP contribution is -2.42. The summed E-state index contributed by atoms with van der Waals surface area (Å²) in [5, 5.41) is 11.6. The number of carbonyl (C=O) groups excluding carboxylic acids is 1. The van der Waals surface area contributed by atoms with Crippen LogP contribution >= 0.6 is 27.3 Å². The number of carbonyl (C=O) groups is 2. The van der Waals surface area contributed by atoms with Crippen LogP contribution in [0.15, 0.2) is 46.3 Å². The van der Waals surface area contributed by atoms with Gasteiger partial charge in [-0.25, -0.2) is 9.59 Å². The number of nitrogens with one attached hydrogen (secondary N) is 1. The van der Waals surface area contributed by atoms with Gasteiger partial charge in [0.05, 0.1) is 3.79 Å². The molecule has 0 unspecified atom stereocenters. The third-order valence-electron chi connectivity index (χ3n) is 2.84. The lowest BCUT2D eigenvalue weighted by Gasteiger charge is -2.13. The monoisotopic (exact) mass is 383 g/mol. The summed E-state index contributed by atoms with van der Waals surface area (Å²) >= 11 is 4.75. The summed E-state index contributed by atoms with van der Waals surface area (Å²) < 4.78 is 5.95. The lowest BCUT2D eigenvalue weighted by atomic mass is 10.2. The minimum atomic E-state index is -1.10. The van der Waals surface area contributed by atoms with E-state index < -0.39 is 18.1 Å². The molecule has 1 heterocycles. The molecule has 0 fully saturated rings. The first-order chi connectivity index (χ1) is 10.5. The van der Waals surface area contributed by atoms with Crippen molar-refractivity contribution in [3.63, 3.8) is 0 Å². The summed E-state index contributed by atoms with van der Waals surface area (Å²) in [7, 11) is 0. The maximum atomic E-state index is 11.7. The van der Waals surface area contributed by atoms with E-state index in [1.165, 1.54) is 11.3 Å². The van der Waals surface area contributed by atoms with Crippen LogP contribution in [0, 0.1) is 0 Å². The maximum absolute atomic E-state index is 11.7. The molecule has 2 N–H and O–H groups in total. The number of aliphatic carboxylic acids is 1. The van der Waals surface area contributed by atoms with E-state index in [0.29, 0.717) is 0 Å². The highest BCUT2D eigenvalue weighted by Crippen LogP contribution is 2.23. The molecule has 7 heteroatoms. The molecule has 0 aliphatic heterocycles. The van der Waals surface area contributed by atoms with Crippen LogP contribution in [0.25, 0.3) is 0 Å². The quantitative estimate of drug-likeness (QED) is 0.800. The van der Waals surface area contributed by atoms with Crippen LogP contribution in [-0.4, -0.2) is 23.2 Å². The number of amides is 1. The Bertz CT molecular complexity index is 644. The van der Waals surface area contributed by atoms with Gasteiger partial charge in [0, 0.05) is 11.3 Å². The Hall–Kier alpha value is -1.86. The first-order valence-corrected chi connectivity index (χ1v) is 8.10. The zero-order chi connectivity index (χ0) is 15.9. The van der Waals surface area contributed by atoms with Gasteiger partial charge in [-0.3, -0.25) is 0 Å².